The molecular weight excluding hydrogens is 776 g/mol. The van der Waals surface area contributed by atoms with Gasteiger partial charge in [-0.1, -0.05) is 135 Å². The number of thiophene rings is 2. The SMILES string of the molecule is CCCCc1ccc(N2c3cc(-c4c(C)cccc4C)cc4c3B(c3c2sc2ccccc32)N(c2ccccc2)c2c-4ccc3c2sc2ccccc23)c(-c2ccccc2)c1. The highest BCUT2D eigenvalue weighted by Gasteiger charge is 2.48. The van der Waals surface area contributed by atoms with Crippen molar-refractivity contribution in [1.29, 1.82) is 0 Å². The van der Waals surface area contributed by atoms with Gasteiger partial charge >= 0.3 is 6.85 Å². The van der Waals surface area contributed by atoms with E-state index < -0.39 is 0 Å². The van der Waals surface area contributed by atoms with Crippen molar-refractivity contribution in [2.75, 3.05) is 9.71 Å². The van der Waals surface area contributed by atoms with Gasteiger partial charge in [-0.15, -0.1) is 22.7 Å². The molecule has 8 aromatic carbocycles. The number of rotatable bonds is 7. The fourth-order valence-electron chi connectivity index (χ4n) is 10.4. The van der Waals surface area contributed by atoms with Crippen LogP contribution in [0.3, 0.4) is 0 Å². The van der Waals surface area contributed by atoms with Gasteiger partial charge in [0.1, 0.15) is 0 Å². The van der Waals surface area contributed by atoms with Crippen LogP contribution in [0.25, 0.3) is 63.6 Å². The Kier molecular flexibility index (Phi) is 8.59. The fourth-order valence-corrected chi connectivity index (χ4v) is 12.9. The molecule has 0 bridgehead atoms. The van der Waals surface area contributed by atoms with Gasteiger partial charge in [-0.25, -0.2) is 0 Å². The Balaban J connectivity index is 1.26. The molecule has 0 spiro atoms. The minimum atomic E-state index is -0.0749. The molecule has 5 heteroatoms. The summed E-state index contributed by atoms with van der Waals surface area (Å²) in [4.78, 5) is 5.36. The van der Waals surface area contributed by atoms with Gasteiger partial charge in [-0.3, -0.25) is 0 Å². The van der Waals surface area contributed by atoms with E-state index in [1.165, 1.54) is 132 Å². The van der Waals surface area contributed by atoms with Crippen molar-refractivity contribution in [2.45, 2.75) is 40.0 Å². The number of nitrogens with zero attached hydrogens (tertiary/aromatic N) is 2. The summed E-state index contributed by atoms with van der Waals surface area (Å²) >= 11 is 3.86. The van der Waals surface area contributed by atoms with Crippen LogP contribution in [0.1, 0.15) is 36.5 Å². The summed E-state index contributed by atoms with van der Waals surface area (Å²) in [6.45, 7) is 6.75. The molecule has 0 radical (unpaired) electrons. The molecule has 2 aliphatic heterocycles. The maximum Gasteiger partial charge on any atom is 0.334 e. The highest BCUT2D eigenvalue weighted by Crippen LogP contribution is 2.55. The summed E-state index contributed by atoms with van der Waals surface area (Å²) in [5, 5.41) is 5.25. The van der Waals surface area contributed by atoms with E-state index in [0.29, 0.717) is 0 Å². The Bertz CT molecular complexity index is 3330. The first-order valence-corrected chi connectivity index (χ1v) is 23.2. The molecule has 0 saturated carbocycles. The minimum Gasteiger partial charge on any atom is -0.375 e. The van der Waals surface area contributed by atoms with Crippen molar-refractivity contribution in [3.8, 4) is 33.4 Å². The molecule has 0 aliphatic carbocycles. The summed E-state index contributed by atoms with van der Waals surface area (Å²) < 4.78 is 3.97. The van der Waals surface area contributed by atoms with Gasteiger partial charge < -0.3 is 9.71 Å². The third-order valence-corrected chi connectivity index (χ3v) is 15.4. The number of anilines is 5. The predicted molar refractivity (Wildman–Crippen MR) is 267 cm³/mol. The molecule has 2 nitrogen and oxygen atoms in total. The van der Waals surface area contributed by atoms with E-state index in [0.717, 1.165) is 6.42 Å². The molecule has 0 unspecified atom stereocenters. The number of hydrogen-bond donors (Lipinski definition) is 0. The summed E-state index contributed by atoms with van der Waals surface area (Å²) in [5.41, 5.74) is 19.3. The number of aryl methyl sites for hydroxylation is 3. The number of fused-ring (bicyclic) bond motifs is 10. The van der Waals surface area contributed by atoms with E-state index in [-0.39, 0.29) is 6.85 Å². The zero-order valence-electron chi connectivity index (χ0n) is 34.6. The van der Waals surface area contributed by atoms with Crippen LogP contribution < -0.4 is 20.6 Å². The van der Waals surface area contributed by atoms with Gasteiger partial charge in [0.2, 0.25) is 0 Å². The zero-order chi connectivity index (χ0) is 40.8. The maximum absolute atomic E-state index is 2.71. The van der Waals surface area contributed by atoms with Crippen molar-refractivity contribution in [2.24, 2.45) is 0 Å². The summed E-state index contributed by atoms with van der Waals surface area (Å²) in [6, 6.07) is 64.2. The van der Waals surface area contributed by atoms with Gasteiger partial charge in [0, 0.05) is 42.7 Å². The van der Waals surface area contributed by atoms with Crippen LogP contribution in [0.15, 0.2) is 170 Å². The molecular formula is C56H43BN2S2. The van der Waals surface area contributed by atoms with E-state index in [4.69, 9.17) is 0 Å². The largest absolute Gasteiger partial charge is 0.375 e. The highest BCUT2D eigenvalue weighted by molar-refractivity contribution is 7.27. The molecule has 10 aromatic rings. The zero-order valence-corrected chi connectivity index (χ0v) is 36.2. The molecule has 61 heavy (non-hydrogen) atoms. The number of unbranched alkanes of at least 4 members (excludes halogenated alkanes) is 1. The second kappa shape index (κ2) is 14.4. The van der Waals surface area contributed by atoms with Crippen LogP contribution in [-0.4, -0.2) is 6.85 Å². The molecule has 0 atom stereocenters. The maximum atomic E-state index is 2.71. The lowest BCUT2D eigenvalue weighted by atomic mass is 9.43. The third-order valence-electron chi connectivity index (χ3n) is 13.1. The first kappa shape index (κ1) is 36.5. The Morgan fingerprint density at radius 3 is 2.00 bits per heavy atom. The average Bonchev–Trinajstić information content (AvgIpc) is 3.88. The molecule has 2 aromatic heterocycles. The molecule has 4 heterocycles. The van der Waals surface area contributed by atoms with Gasteiger partial charge in [0.15, 0.2) is 0 Å². The van der Waals surface area contributed by atoms with E-state index in [9.17, 15) is 0 Å². The average molecular weight is 819 g/mol. The van der Waals surface area contributed by atoms with Crippen LogP contribution in [0.4, 0.5) is 27.8 Å². The minimum absolute atomic E-state index is 0.0749. The van der Waals surface area contributed by atoms with Crippen LogP contribution in [0, 0.1) is 13.8 Å². The Hall–Kier alpha value is -6.40. The molecule has 12 rings (SSSR count). The van der Waals surface area contributed by atoms with Crippen molar-refractivity contribution in [1.82, 2.24) is 0 Å². The normalized spacial score (nSPS) is 12.9. The van der Waals surface area contributed by atoms with Crippen molar-refractivity contribution >= 4 is 98.5 Å². The number of benzene rings is 8. The van der Waals surface area contributed by atoms with E-state index in [1.807, 2.05) is 22.7 Å². The molecule has 2 aliphatic rings. The Morgan fingerprint density at radius 2 is 1.23 bits per heavy atom. The first-order chi connectivity index (χ1) is 30.1. The van der Waals surface area contributed by atoms with E-state index in [1.54, 1.807) is 0 Å². The Labute approximate surface area is 366 Å². The van der Waals surface area contributed by atoms with Crippen LogP contribution in [0.2, 0.25) is 0 Å². The predicted octanol–water partition coefficient (Wildman–Crippen LogP) is 15.3. The van der Waals surface area contributed by atoms with Gasteiger partial charge in [-0.05, 0) is 130 Å². The number of para-hydroxylation sites is 1. The summed E-state index contributed by atoms with van der Waals surface area (Å²) in [7, 11) is 0. The molecule has 0 saturated heterocycles. The molecule has 0 amide bonds. The lowest BCUT2D eigenvalue weighted by molar-refractivity contribution is 0.795. The van der Waals surface area contributed by atoms with E-state index >= 15 is 0 Å². The topological polar surface area (TPSA) is 6.48 Å². The van der Waals surface area contributed by atoms with Crippen molar-refractivity contribution in [3.05, 3.63) is 187 Å². The van der Waals surface area contributed by atoms with Crippen LogP contribution in [0.5, 0.6) is 0 Å². The second-order valence-electron chi connectivity index (χ2n) is 16.7. The lowest BCUT2D eigenvalue weighted by Crippen LogP contribution is -2.61. The first-order valence-electron chi connectivity index (χ1n) is 21.6. The Morgan fingerprint density at radius 1 is 0.525 bits per heavy atom. The second-order valence-corrected chi connectivity index (χ2v) is 18.8. The molecule has 292 valence electrons. The highest BCUT2D eigenvalue weighted by atomic mass is 32.1. The fraction of sp³-hybridized carbons (Fsp3) is 0.107. The molecule has 0 N–H and O–H groups in total. The monoisotopic (exact) mass is 818 g/mol. The van der Waals surface area contributed by atoms with Crippen LogP contribution >= 0.6 is 22.7 Å². The smallest absolute Gasteiger partial charge is 0.334 e. The van der Waals surface area contributed by atoms with Crippen molar-refractivity contribution < 1.29 is 0 Å². The third kappa shape index (κ3) is 5.60. The summed E-state index contributed by atoms with van der Waals surface area (Å²) in [6.07, 6.45) is 3.41. The quantitative estimate of drug-likeness (QED) is 0.148. The molecule has 0 fully saturated rings. The van der Waals surface area contributed by atoms with Gasteiger partial charge in [0.05, 0.1) is 21.1 Å². The van der Waals surface area contributed by atoms with Gasteiger partial charge in [0.25, 0.3) is 0 Å². The van der Waals surface area contributed by atoms with Gasteiger partial charge in [-0.2, -0.15) is 0 Å². The van der Waals surface area contributed by atoms with E-state index in [2.05, 4.69) is 200 Å². The van der Waals surface area contributed by atoms with Crippen LogP contribution in [-0.2, 0) is 6.42 Å². The standard InChI is InChI=1S/C56H43BN2S2/c1-4-5-19-37-28-31-47(45(32-37)38-20-8-6-9-21-38)58-48-34-39(51-35(2)17-16-18-36(51)3)33-46-42-29-30-43-41-24-12-14-26-49(41)60-55(43)54(42)59(40-22-10-7-11-23-40)57(52(46)48)53-44-25-13-15-27-50(44)61-56(53)58/h6-18,20-34H,4-5,19H2,1-3H3. The summed E-state index contributed by atoms with van der Waals surface area (Å²) in [5.74, 6) is 0. The van der Waals surface area contributed by atoms with Crippen molar-refractivity contribution in [3.63, 3.8) is 0 Å². The number of hydrogen-bond acceptors (Lipinski definition) is 4. The lowest BCUT2D eigenvalue weighted by Gasteiger charge is -2.45.